The Morgan fingerprint density at radius 3 is 2.46 bits per heavy atom. The van der Waals surface area contributed by atoms with Crippen molar-refractivity contribution in [2.24, 2.45) is 0 Å². The molecule has 1 fully saturated rings. The lowest BCUT2D eigenvalue weighted by Gasteiger charge is -2.14. The summed E-state index contributed by atoms with van der Waals surface area (Å²) in [6.45, 7) is 2.02. The van der Waals surface area contributed by atoms with Gasteiger partial charge >= 0.3 is 11.9 Å². The van der Waals surface area contributed by atoms with Crippen molar-refractivity contribution in [3.05, 3.63) is 53.3 Å². The summed E-state index contributed by atoms with van der Waals surface area (Å²) in [5.74, 6) is -0.705. The molecule has 1 aliphatic carbocycles. The first kappa shape index (κ1) is 16.2. The molecule has 1 saturated carbocycles. The quantitative estimate of drug-likeness (QED) is 0.786. The molecule has 0 amide bonds. The summed E-state index contributed by atoms with van der Waals surface area (Å²) >= 11 is 0. The number of hydrogen-bond donors (Lipinski definition) is 0. The van der Waals surface area contributed by atoms with Gasteiger partial charge in [-0.05, 0) is 31.4 Å². The Labute approximate surface area is 140 Å². The van der Waals surface area contributed by atoms with Crippen LogP contribution in [0.15, 0.2) is 36.4 Å². The monoisotopic (exact) mass is 325 g/mol. The van der Waals surface area contributed by atoms with Gasteiger partial charge in [-0.2, -0.15) is 0 Å². The molecule has 5 nitrogen and oxygen atoms in total. The first-order valence-corrected chi connectivity index (χ1v) is 8.01. The van der Waals surface area contributed by atoms with Gasteiger partial charge in [0.15, 0.2) is 5.69 Å². The molecule has 0 unspecified atom stereocenters. The summed E-state index contributed by atoms with van der Waals surface area (Å²) in [6.07, 6.45) is 1.92. The van der Waals surface area contributed by atoms with Gasteiger partial charge in [0, 0.05) is 11.5 Å². The zero-order chi connectivity index (χ0) is 17.1. The molecular formula is C19H19NO4. The van der Waals surface area contributed by atoms with E-state index in [2.05, 4.69) is 4.98 Å². The third-order valence-corrected chi connectivity index (χ3v) is 3.97. The number of methoxy groups -OCH3 is 1. The van der Waals surface area contributed by atoms with Crippen molar-refractivity contribution >= 4 is 11.9 Å². The normalized spacial score (nSPS) is 13.4. The van der Waals surface area contributed by atoms with Crippen molar-refractivity contribution in [3.63, 3.8) is 0 Å². The summed E-state index contributed by atoms with van der Waals surface area (Å²) in [5.41, 5.74) is 2.69. The Hall–Kier alpha value is -2.69. The smallest absolute Gasteiger partial charge is 0.357 e. The number of hydrogen-bond acceptors (Lipinski definition) is 5. The molecule has 0 saturated heterocycles. The van der Waals surface area contributed by atoms with E-state index in [9.17, 15) is 9.59 Å². The fourth-order valence-electron chi connectivity index (χ4n) is 2.66. The molecule has 1 aliphatic rings. The lowest BCUT2D eigenvalue weighted by molar-refractivity contribution is 0.0517. The fraction of sp³-hybridized carbons (Fsp3) is 0.316. The van der Waals surface area contributed by atoms with Crippen LogP contribution in [-0.4, -0.2) is 30.6 Å². The van der Waals surface area contributed by atoms with E-state index < -0.39 is 11.9 Å². The highest BCUT2D eigenvalue weighted by atomic mass is 16.5. The highest BCUT2D eigenvalue weighted by Crippen LogP contribution is 2.42. The molecule has 0 N–H and O–H groups in total. The molecule has 5 heteroatoms. The van der Waals surface area contributed by atoms with Gasteiger partial charge in [-0.25, -0.2) is 14.6 Å². The second-order valence-corrected chi connectivity index (χ2v) is 5.67. The summed E-state index contributed by atoms with van der Waals surface area (Å²) in [6, 6.07) is 11.1. The zero-order valence-electron chi connectivity index (χ0n) is 13.7. The second kappa shape index (κ2) is 6.83. The Kier molecular flexibility index (Phi) is 4.60. The maximum Gasteiger partial charge on any atom is 0.357 e. The van der Waals surface area contributed by atoms with Gasteiger partial charge in [0.1, 0.15) is 0 Å². The Bertz CT molecular complexity index is 766. The SMILES string of the molecule is CCOC(=O)c1nc(C2CC2)c(C(=O)OC)cc1-c1ccccc1. The maximum atomic E-state index is 12.4. The van der Waals surface area contributed by atoms with E-state index in [1.54, 1.807) is 13.0 Å². The van der Waals surface area contributed by atoms with Gasteiger partial charge in [0.2, 0.25) is 0 Å². The topological polar surface area (TPSA) is 65.5 Å². The number of esters is 2. The Morgan fingerprint density at radius 1 is 1.17 bits per heavy atom. The molecular weight excluding hydrogens is 306 g/mol. The van der Waals surface area contributed by atoms with E-state index in [1.165, 1.54) is 7.11 Å². The van der Waals surface area contributed by atoms with Crippen molar-refractivity contribution < 1.29 is 19.1 Å². The molecule has 0 spiro atoms. The molecule has 1 aromatic heterocycles. The van der Waals surface area contributed by atoms with Crippen LogP contribution in [0.3, 0.4) is 0 Å². The van der Waals surface area contributed by atoms with Gasteiger partial charge in [0.25, 0.3) is 0 Å². The van der Waals surface area contributed by atoms with Crippen LogP contribution in [0.25, 0.3) is 11.1 Å². The van der Waals surface area contributed by atoms with Crippen molar-refractivity contribution in [2.75, 3.05) is 13.7 Å². The maximum absolute atomic E-state index is 12.4. The molecule has 1 heterocycles. The molecule has 0 bridgehead atoms. The number of rotatable bonds is 5. The van der Waals surface area contributed by atoms with Gasteiger partial charge in [-0.3, -0.25) is 0 Å². The van der Waals surface area contributed by atoms with Gasteiger partial charge in [0.05, 0.1) is 25.0 Å². The average Bonchev–Trinajstić information content (AvgIpc) is 3.46. The zero-order valence-corrected chi connectivity index (χ0v) is 13.7. The lowest BCUT2D eigenvalue weighted by Crippen LogP contribution is -2.15. The van der Waals surface area contributed by atoms with Crippen LogP contribution >= 0.6 is 0 Å². The summed E-state index contributed by atoms with van der Waals surface area (Å²) < 4.78 is 10.1. The Morgan fingerprint density at radius 2 is 1.88 bits per heavy atom. The number of pyridine rings is 1. The average molecular weight is 325 g/mol. The fourth-order valence-corrected chi connectivity index (χ4v) is 2.66. The van der Waals surface area contributed by atoms with Crippen LogP contribution in [-0.2, 0) is 9.47 Å². The molecule has 3 rings (SSSR count). The molecule has 24 heavy (non-hydrogen) atoms. The highest BCUT2D eigenvalue weighted by Gasteiger charge is 2.32. The second-order valence-electron chi connectivity index (χ2n) is 5.67. The number of nitrogens with zero attached hydrogens (tertiary/aromatic N) is 1. The van der Waals surface area contributed by atoms with Crippen LogP contribution in [0.5, 0.6) is 0 Å². The van der Waals surface area contributed by atoms with E-state index in [0.29, 0.717) is 16.8 Å². The third-order valence-electron chi connectivity index (χ3n) is 3.97. The lowest BCUT2D eigenvalue weighted by atomic mass is 9.99. The van der Waals surface area contributed by atoms with Crippen LogP contribution < -0.4 is 0 Å². The van der Waals surface area contributed by atoms with Gasteiger partial charge in [-0.1, -0.05) is 30.3 Å². The number of aromatic nitrogens is 1. The molecule has 2 aromatic rings. The largest absolute Gasteiger partial charge is 0.465 e. The predicted octanol–water partition coefficient (Wildman–Crippen LogP) is 3.59. The molecule has 1 aromatic carbocycles. The van der Waals surface area contributed by atoms with E-state index in [4.69, 9.17) is 9.47 Å². The number of ether oxygens (including phenoxy) is 2. The van der Waals surface area contributed by atoms with Gasteiger partial charge in [-0.15, -0.1) is 0 Å². The van der Waals surface area contributed by atoms with Gasteiger partial charge < -0.3 is 9.47 Å². The molecule has 0 atom stereocenters. The van der Waals surface area contributed by atoms with E-state index in [-0.39, 0.29) is 18.2 Å². The predicted molar refractivity (Wildman–Crippen MR) is 88.9 cm³/mol. The first-order chi connectivity index (χ1) is 11.7. The molecule has 0 radical (unpaired) electrons. The number of carbonyl (C=O) groups is 2. The highest BCUT2D eigenvalue weighted by molar-refractivity contribution is 5.99. The number of carbonyl (C=O) groups excluding carboxylic acids is 2. The van der Waals surface area contributed by atoms with Crippen LogP contribution in [0.1, 0.15) is 52.2 Å². The van der Waals surface area contributed by atoms with Crippen molar-refractivity contribution in [2.45, 2.75) is 25.7 Å². The van der Waals surface area contributed by atoms with Crippen molar-refractivity contribution in [1.82, 2.24) is 4.98 Å². The minimum Gasteiger partial charge on any atom is -0.465 e. The Balaban J connectivity index is 2.20. The summed E-state index contributed by atoms with van der Waals surface area (Å²) in [7, 11) is 1.35. The van der Waals surface area contributed by atoms with Crippen LogP contribution in [0.4, 0.5) is 0 Å². The van der Waals surface area contributed by atoms with E-state index in [0.717, 1.165) is 18.4 Å². The van der Waals surface area contributed by atoms with Crippen LogP contribution in [0.2, 0.25) is 0 Å². The minimum atomic E-state index is -0.477. The summed E-state index contributed by atoms with van der Waals surface area (Å²) in [5, 5.41) is 0. The summed E-state index contributed by atoms with van der Waals surface area (Å²) in [4.78, 5) is 29.1. The number of benzene rings is 1. The van der Waals surface area contributed by atoms with Crippen molar-refractivity contribution in [1.29, 1.82) is 0 Å². The molecule has 124 valence electrons. The standard InChI is InChI=1S/C19H19NO4/c1-3-24-19(22)17-14(12-7-5-4-6-8-12)11-15(18(21)23-2)16(20-17)13-9-10-13/h4-8,11,13H,3,9-10H2,1-2H3. The minimum absolute atomic E-state index is 0.206. The van der Waals surface area contributed by atoms with E-state index >= 15 is 0 Å². The molecule has 0 aliphatic heterocycles. The first-order valence-electron chi connectivity index (χ1n) is 8.01. The van der Waals surface area contributed by atoms with Crippen molar-refractivity contribution in [3.8, 4) is 11.1 Å². The van der Waals surface area contributed by atoms with Crippen LogP contribution in [0, 0.1) is 0 Å². The van der Waals surface area contributed by atoms with E-state index in [1.807, 2.05) is 30.3 Å². The third kappa shape index (κ3) is 3.15.